The summed E-state index contributed by atoms with van der Waals surface area (Å²) in [4.78, 5) is 14.3. The quantitative estimate of drug-likeness (QED) is 0.883. The third-order valence-corrected chi connectivity index (χ3v) is 6.12. The number of rotatable bonds is 4. The van der Waals surface area contributed by atoms with Crippen LogP contribution in [-0.2, 0) is 16.4 Å². The summed E-state index contributed by atoms with van der Waals surface area (Å²) in [5, 5.41) is 7.36. The van der Waals surface area contributed by atoms with Crippen molar-refractivity contribution in [3.8, 4) is 0 Å². The molecule has 1 aliphatic rings. The molecule has 1 atom stereocenters. The van der Waals surface area contributed by atoms with Gasteiger partial charge in [-0.3, -0.25) is 4.68 Å². The second kappa shape index (κ2) is 7.76. The van der Waals surface area contributed by atoms with E-state index in [0.29, 0.717) is 18.2 Å². The molecule has 0 aromatic carbocycles. The summed E-state index contributed by atoms with van der Waals surface area (Å²) in [5.41, 5.74) is 1.71. The molecule has 0 aliphatic carbocycles. The van der Waals surface area contributed by atoms with Crippen LogP contribution in [0.2, 0.25) is 0 Å². The lowest BCUT2D eigenvalue weighted by molar-refractivity contribution is 0.210. The highest BCUT2D eigenvalue weighted by Crippen LogP contribution is 2.25. The Bertz CT molecular complexity index is 709. The Morgan fingerprint density at radius 2 is 2.04 bits per heavy atom. The molecule has 1 fully saturated rings. The fourth-order valence-corrected chi connectivity index (χ4v) is 4.89. The van der Waals surface area contributed by atoms with Crippen LogP contribution in [0.5, 0.6) is 0 Å². The van der Waals surface area contributed by atoms with Crippen molar-refractivity contribution in [2.75, 3.05) is 29.9 Å². The van der Waals surface area contributed by atoms with Crippen LogP contribution in [0, 0.1) is 11.8 Å². The Hall–Kier alpha value is -1.57. The normalized spacial score (nSPS) is 20.8. The van der Waals surface area contributed by atoms with Crippen LogP contribution < -0.4 is 5.32 Å². The Balaban J connectivity index is 2.16. The SMILES string of the molecule is CC(C)Cn1ncc(NC(=O)N2CCS(=O)(=O)CC(C)C2)c1C(C)C. The Kier molecular flexibility index (Phi) is 6.13. The van der Waals surface area contributed by atoms with E-state index in [2.05, 4.69) is 38.1 Å². The maximum absolute atomic E-state index is 12.7. The summed E-state index contributed by atoms with van der Waals surface area (Å²) in [6, 6.07) is -0.255. The molecule has 2 heterocycles. The molecule has 7 nitrogen and oxygen atoms in total. The first-order chi connectivity index (χ1) is 11.6. The van der Waals surface area contributed by atoms with Gasteiger partial charge in [0.2, 0.25) is 0 Å². The van der Waals surface area contributed by atoms with Crippen molar-refractivity contribution < 1.29 is 13.2 Å². The van der Waals surface area contributed by atoms with Crippen molar-refractivity contribution in [3.63, 3.8) is 0 Å². The first kappa shape index (κ1) is 19.8. The van der Waals surface area contributed by atoms with Gasteiger partial charge in [-0.2, -0.15) is 5.10 Å². The minimum absolute atomic E-state index is 0.0222. The average Bonchev–Trinajstić information content (AvgIpc) is 2.77. The van der Waals surface area contributed by atoms with Crippen molar-refractivity contribution in [2.24, 2.45) is 11.8 Å². The molecule has 2 amide bonds. The molecule has 8 heteroatoms. The molecule has 1 N–H and O–H groups in total. The second-order valence-corrected chi connectivity index (χ2v) is 10.00. The lowest BCUT2D eigenvalue weighted by Gasteiger charge is -2.23. The van der Waals surface area contributed by atoms with Crippen LogP contribution in [0.4, 0.5) is 10.5 Å². The van der Waals surface area contributed by atoms with E-state index in [-0.39, 0.29) is 35.9 Å². The smallest absolute Gasteiger partial charge is 0.321 e. The fraction of sp³-hybridized carbons (Fsp3) is 0.765. The highest BCUT2D eigenvalue weighted by Gasteiger charge is 2.28. The van der Waals surface area contributed by atoms with E-state index in [4.69, 9.17) is 0 Å². The van der Waals surface area contributed by atoms with Gasteiger partial charge in [-0.25, -0.2) is 13.2 Å². The number of nitrogens with one attached hydrogen (secondary N) is 1. The molecular weight excluding hydrogens is 340 g/mol. The molecule has 1 saturated heterocycles. The zero-order chi connectivity index (χ0) is 18.8. The van der Waals surface area contributed by atoms with Crippen molar-refractivity contribution in [1.29, 1.82) is 0 Å². The highest BCUT2D eigenvalue weighted by molar-refractivity contribution is 7.91. The highest BCUT2D eigenvalue weighted by atomic mass is 32.2. The van der Waals surface area contributed by atoms with E-state index >= 15 is 0 Å². The van der Waals surface area contributed by atoms with Crippen LogP contribution in [0.15, 0.2) is 6.20 Å². The molecule has 0 bridgehead atoms. The number of nitrogens with zero attached hydrogens (tertiary/aromatic N) is 3. The summed E-state index contributed by atoms with van der Waals surface area (Å²) in [7, 11) is -3.08. The second-order valence-electron chi connectivity index (χ2n) is 7.77. The van der Waals surface area contributed by atoms with E-state index in [1.54, 1.807) is 11.1 Å². The summed E-state index contributed by atoms with van der Waals surface area (Å²) >= 11 is 0. The van der Waals surface area contributed by atoms with Gasteiger partial charge in [0.05, 0.1) is 29.1 Å². The third-order valence-electron chi connectivity index (χ3n) is 4.24. The van der Waals surface area contributed by atoms with Gasteiger partial charge in [-0.05, 0) is 17.8 Å². The molecular formula is C17H30N4O3S. The van der Waals surface area contributed by atoms with Crippen LogP contribution in [-0.4, -0.2) is 53.7 Å². The van der Waals surface area contributed by atoms with E-state index < -0.39 is 9.84 Å². The van der Waals surface area contributed by atoms with Gasteiger partial charge < -0.3 is 10.2 Å². The average molecular weight is 371 g/mol. The lowest BCUT2D eigenvalue weighted by atomic mass is 10.1. The maximum atomic E-state index is 12.7. The zero-order valence-electron chi connectivity index (χ0n) is 15.8. The van der Waals surface area contributed by atoms with Gasteiger partial charge in [0.1, 0.15) is 0 Å². The first-order valence-electron chi connectivity index (χ1n) is 8.91. The maximum Gasteiger partial charge on any atom is 0.321 e. The summed E-state index contributed by atoms with van der Waals surface area (Å²) in [6.07, 6.45) is 1.69. The number of hydrogen-bond acceptors (Lipinski definition) is 4. The zero-order valence-corrected chi connectivity index (χ0v) is 16.6. The van der Waals surface area contributed by atoms with Crippen LogP contribution >= 0.6 is 0 Å². The number of anilines is 1. The molecule has 25 heavy (non-hydrogen) atoms. The van der Waals surface area contributed by atoms with E-state index in [1.165, 1.54) is 0 Å². The van der Waals surface area contributed by atoms with Crippen molar-refractivity contribution in [2.45, 2.75) is 47.1 Å². The van der Waals surface area contributed by atoms with E-state index in [0.717, 1.165) is 12.2 Å². The standard InChI is InChI=1S/C17H30N4O3S/c1-12(2)9-21-16(13(3)4)15(8-18-21)19-17(22)20-6-7-25(23,24)11-14(5)10-20/h8,12-14H,6-7,9-11H2,1-5H3,(H,19,22). The number of aromatic nitrogens is 2. The molecule has 0 saturated carbocycles. The minimum Gasteiger partial charge on any atom is -0.323 e. The molecule has 2 rings (SSSR count). The van der Waals surface area contributed by atoms with E-state index in [1.807, 2.05) is 11.6 Å². The van der Waals surface area contributed by atoms with Crippen molar-refractivity contribution in [3.05, 3.63) is 11.9 Å². The topological polar surface area (TPSA) is 84.3 Å². The number of urea groups is 1. The van der Waals surface area contributed by atoms with Gasteiger partial charge in [-0.1, -0.05) is 34.6 Å². The summed E-state index contributed by atoms with van der Waals surface area (Å²) in [5.74, 6) is 0.776. The molecule has 1 unspecified atom stereocenters. The Morgan fingerprint density at radius 1 is 1.36 bits per heavy atom. The third kappa shape index (κ3) is 5.20. The fourth-order valence-electron chi connectivity index (χ4n) is 3.26. The number of sulfone groups is 1. The predicted molar refractivity (Wildman–Crippen MR) is 99.6 cm³/mol. The number of carbonyl (C=O) groups excluding carboxylic acids is 1. The minimum atomic E-state index is -3.08. The number of carbonyl (C=O) groups is 1. The van der Waals surface area contributed by atoms with Crippen LogP contribution in [0.25, 0.3) is 0 Å². The Labute approximate surface area is 150 Å². The first-order valence-corrected chi connectivity index (χ1v) is 10.7. The molecule has 0 radical (unpaired) electrons. The largest absolute Gasteiger partial charge is 0.323 e. The predicted octanol–water partition coefficient (Wildman–Crippen LogP) is 2.56. The van der Waals surface area contributed by atoms with Gasteiger partial charge >= 0.3 is 6.03 Å². The van der Waals surface area contributed by atoms with Crippen LogP contribution in [0.3, 0.4) is 0 Å². The van der Waals surface area contributed by atoms with Crippen molar-refractivity contribution >= 4 is 21.6 Å². The van der Waals surface area contributed by atoms with Gasteiger partial charge in [-0.15, -0.1) is 0 Å². The molecule has 1 aromatic heterocycles. The molecule has 1 aliphatic heterocycles. The monoisotopic (exact) mass is 370 g/mol. The van der Waals surface area contributed by atoms with Gasteiger partial charge in [0.25, 0.3) is 0 Å². The summed E-state index contributed by atoms with van der Waals surface area (Å²) in [6.45, 7) is 11.7. The molecule has 142 valence electrons. The van der Waals surface area contributed by atoms with Crippen LogP contribution in [0.1, 0.15) is 46.2 Å². The van der Waals surface area contributed by atoms with Crippen molar-refractivity contribution in [1.82, 2.24) is 14.7 Å². The number of hydrogen-bond donors (Lipinski definition) is 1. The molecule has 1 aromatic rings. The number of amides is 2. The van der Waals surface area contributed by atoms with Gasteiger partial charge in [0.15, 0.2) is 9.84 Å². The summed E-state index contributed by atoms with van der Waals surface area (Å²) < 4.78 is 25.7. The Morgan fingerprint density at radius 3 is 2.64 bits per heavy atom. The molecule has 0 spiro atoms. The van der Waals surface area contributed by atoms with E-state index in [9.17, 15) is 13.2 Å². The lowest BCUT2D eigenvalue weighted by Crippen LogP contribution is -2.38. The van der Waals surface area contributed by atoms with Gasteiger partial charge in [0, 0.05) is 19.6 Å².